The van der Waals surface area contributed by atoms with Gasteiger partial charge in [0.25, 0.3) is 0 Å². The standard InChI is InChI=1S/C23H27FN2O2/c1-23(2,21(27)25-20-10-8-19(24)9-11-20)22(28)26-14-12-18(13-15-26)16-17-6-4-3-5-7-17/h3-11,18H,12-16H2,1-2H3,(H,25,27). The van der Waals surface area contributed by atoms with Gasteiger partial charge in [0.2, 0.25) is 11.8 Å². The van der Waals surface area contributed by atoms with E-state index in [2.05, 4.69) is 29.6 Å². The van der Waals surface area contributed by atoms with Crippen LogP contribution in [0.2, 0.25) is 0 Å². The minimum Gasteiger partial charge on any atom is -0.342 e. The van der Waals surface area contributed by atoms with E-state index in [-0.39, 0.29) is 17.6 Å². The van der Waals surface area contributed by atoms with E-state index in [1.54, 1.807) is 18.7 Å². The predicted molar refractivity (Wildman–Crippen MR) is 108 cm³/mol. The van der Waals surface area contributed by atoms with Gasteiger partial charge < -0.3 is 10.2 Å². The summed E-state index contributed by atoms with van der Waals surface area (Å²) in [6.07, 6.45) is 2.91. The van der Waals surface area contributed by atoms with Crippen LogP contribution in [0.3, 0.4) is 0 Å². The second-order valence-electron chi connectivity index (χ2n) is 8.01. The summed E-state index contributed by atoms with van der Waals surface area (Å²) in [4.78, 5) is 27.4. The van der Waals surface area contributed by atoms with Crippen LogP contribution in [0, 0.1) is 17.2 Å². The molecule has 0 radical (unpaired) electrons. The first-order valence-corrected chi connectivity index (χ1v) is 9.76. The highest BCUT2D eigenvalue weighted by Gasteiger charge is 2.40. The summed E-state index contributed by atoms with van der Waals surface area (Å²) >= 11 is 0. The number of halogens is 1. The number of hydrogen-bond acceptors (Lipinski definition) is 2. The highest BCUT2D eigenvalue weighted by atomic mass is 19.1. The molecule has 1 aliphatic heterocycles. The summed E-state index contributed by atoms with van der Waals surface area (Å²) < 4.78 is 13.0. The molecule has 28 heavy (non-hydrogen) atoms. The van der Waals surface area contributed by atoms with Gasteiger partial charge in [-0.15, -0.1) is 0 Å². The lowest BCUT2D eigenvalue weighted by Crippen LogP contribution is -2.50. The molecule has 1 fully saturated rings. The quantitative estimate of drug-likeness (QED) is 0.785. The van der Waals surface area contributed by atoms with Crippen LogP contribution in [0.4, 0.5) is 10.1 Å². The molecule has 1 aliphatic rings. The number of amides is 2. The fourth-order valence-corrected chi connectivity index (χ4v) is 3.60. The van der Waals surface area contributed by atoms with Crippen LogP contribution in [-0.4, -0.2) is 29.8 Å². The van der Waals surface area contributed by atoms with Crippen LogP contribution in [0.1, 0.15) is 32.3 Å². The molecule has 3 rings (SSSR count). The third kappa shape index (κ3) is 4.77. The zero-order chi connectivity index (χ0) is 20.1. The van der Waals surface area contributed by atoms with Crippen LogP contribution < -0.4 is 5.32 Å². The van der Waals surface area contributed by atoms with Crippen molar-refractivity contribution in [3.8, 4) is 0 Å². The zero-order valence-corrected chi connectivity index (χ0v) is 16.5. The average Bonchev–Trinajstić information content (AvgIpc) is 2.70. The van der Waals surface area contributed by atoms with E-state index in [0.717, 1.165) is 19.3 Å². The summed E-state index contributed by atoms with van der Waals surface area (Å²) in [7, 11) is 0. The van der Waals surface area contributed by atoms with E-state index in [0.29, 0.717) is 24.7 Å². The SMILES string of the molecule is CC(C)(C(=O)Nc1ccc(F)cc1)C(=O)N1CCC(Cc2ccccc2)CC1. The molecule has 0 aliphatic carbocycles. The Morgan fingerprint density at radius 2 is 1.64 bits per heavy atom. The maximum Gasteiger partial charge on any atom is 0.239 e. The third-order valence-corrected chi connectivity index (χ3v) is 5.47. The van der Waals surface area contributed by atoms with Crippen molar-refractivity contribution in [3.63, 3.8) is 0 Å². The molecule has 2 amide bonds. The van der Waals surface area contributed by atoms with Crippen molar-refractivity contribution in [1.82, 2.24) is 4.90 Å². The minimum absolute atomic E-state index is 0.162. The van der Waals surface area contributed by atoms with Crippen LogP contribution in [0.15, 0.2) is 54.6 Å². The Balaban J connectivity index is 1.55. The largest absolute Gasteiger partial charge is 0.342 e. The van der Waals surface area contributed by atoms with Gasteiger partial charge in [0, 0.05) is 18.8 Å². The lowest BCUT2D eigenvalue weighted by atomic mass is 9.86. The number of nitrogens with zero attached hydrogens (tertiary/aromatic N) is 1. The van der Waals surface area contributed by atoms with Crippen molar-refractivity contribution in [2.45, 2.75) is 33.1 Å². The molecular weight excluding hydrogens is 355 g/mol. The first-order valence-electron chi connectivity index (χ1n) is 9.76. The molecule has 0 saturated carbocycles. The van der Waals surface area contributed by atoms with Crippen molar-refractivity contribution in [2.75, 3.05) is 18.4 Å². The number of anilines is 1. The van der Waals surface area contributed by atoms with Gasteiger partial charge in [-0.1, -0.05) is 30.3 Å². The van der Waals surface area contributed by atoms with Crippen LogP contribution >= 0.6 is 0 Å². The normalized spacial score (nSPS) is 15.3. The zero-order valence-electron chi connectivity index (χ0n) is 16.5. The van der Waals surface area contributed by atoms with E-state index in [9.17, 15) is 14.0 Å². The first kappa shape index (κ1) is 20.1. The number of rotatable bonds is 5. The molecule has 0 aromatic heterocycles. The molecule has 0 unspecified atom stereocenters. The van der Waals surface area contributed by atoms with Gasteiger partial charge in [0.05, 0.1) is 0 Å². The second-order valence-corrected chi connectivity index (χ2v) is 8.01. The third-order valence-electron chi connectivity index (χ3n) is 5.47. The lowest BCUT2D eigenvalue weighted by molar-refractivity contribution is -0.147. The molecule has 2 aromatic rings. The van der Waals surface area contributed by atoms with Gasteiger partial charge in [0.1, 0.15) is 11.2 Å². The monoisotopic (exact) mass is 382 g/mol. The number of likely N-dealkylation sites (tertiary alicyclic amines) is 1. The summed E-state index contributed by atoms with van der Waals surface area (Å²) in [6.45, 7) is 4.63. The maximum atomic E-state index is 13.0. The van der Waals surface area contributed by atoms with Gasteiger partial charge in [-0.05, 0) is 68.9 Å². The number of benzene rings is 2. The van der Waals surface area contributed by atoms with Crippen molar-refractivity contribution in [1.29, 1.82) is 0 Å². The molecule has 0 bridgehead atoms. The van der Waals surface area contributed by atoms with Crippen LogP contribution in [-0.2, 0) is 16.0 Å². The smallest absolute Gasteiger partial charge is 0.239 e. The number of carbonyl (C=O) groups excluding carboxylic acids is 2. The van der Waals surface area contributed by atoms with E-state index >= 15 is 0 Å². The van der Waals surface area contributed by atoms with Gasteiger partial charge in [-0.2, -0.15) is 0 Å². The van der Waals surface area contributed by atoms with Gasteiger partial charge in [-0.3, -0.25) is 9.59 Å². The van der Waals surface area contributed by atoms with E-state index < -0.39 is 5.41 Å². The molecule has 148 valence electrons. The number of carbonyl (C=O) groups is 2. The molecule has 1 N–H and O–H groups in total. The fraction of sp³-hybridized carbons (Fsp3) is 0.391. The van der Waals surface area contributed by atoms with E-state index in [1.165, 1.54) is 29.8 Å². The Labute approximate surface area is 165 Å². The summed E-state index contributed by atoms with van der Waals surface area (Å²) in [5.41, 5.74) is 0.626. The Hall–Kier alpha value is -2.69. The highest BCUT2D eigenvalue weighted by molar-refractivity contribution is 6.09. The maximum absolute atomic E-state index is 13.0. The average molecular weight is 382 g/mol. The molecule has 2 aromatic carbocycles. The molecular formula is C23H27FN2O2. The Morgan fingerprint density at radius 3 is 2.25 bits per heavy atom. The van der Waals surface area contributed by atoms with Gasteiger partial charge in [-0.25, -0.2) is 4.39 Å². The molecule has 0 atom stereocenters. The number of piperidine rings is 1. The summed E-state index contributed by atoms with van der Waals surface area (Å²) in [5, 5.41) is 2.72. The topological polar surface area (TPSA) is 49.4 Å². The Morgan fingerprint density at radius 1 is 1.04 bits per heavy atom. The van der Waals surface area contributed by atoms with Crippen molar-refractivity contribution >= 4 is 17.5 Å². The molecule has 1 heterocycles. The molecule has 1 saturated heterocycles. The predicted octanol–water partition coefficient (Wildman–Crippen LogP) is 4.27. The lowest BCUT2D eigenvalue weighted by Gasteiger charge is -2.36. The highest BCUT2D eigenvalue weighted by Crippen LogP contribution is 2.27. The second kappa shape index (κ2) is 8.55. The molecule has 0 spiro atoms. The minimum atomic E-state index is -1.18. The van der Waals surface area contributed by atoms with Crippen LogP contribution in [0.25, 0.3) is 0 Å². The Bertz CT molecular complexity index is 810. The number of hydrogen-bond donors (Lipinski definition) is 1. The van der Waals surface area contributed by atoms with Gasteiger partial charge in [0.15, 0.2) is 0 Å². The van der Waals surface area contributed by atoms with Crippen LogP contribution in [0.5, 0.6) is 0 Å². The van der Waals surface area contributed by atoms with E-state index in [1.807, 2.05) is 6.07 Å². The molecule has 4 nitrogen and oxygen atoms in total. The van der Waals surface area contributed by atoms with Crippen molar-refractivity contribution in [3.05, 3.63) is 66.0 Å². The van der Waals surface area contributed by atoms with Gasteiger partial charge >= 0.3 is 0 Å². The van der Waals surface area contributed by atoms with Crippen molar-refractivity contribution < 1.29 is 14.0 Å². The van der Waals surface area contributed by atoms with E-state index in [4.69, 9.17) is 0 Å². The summed E-state index contributed by atoms with van der Waals surface area (Å²) in [6, 6.07) is 15.9. The summed E-state index contributed by atoms with van der Waals surface area (Å²) in [5.74, 6) is -0.352. The van der Waals surface area contributed by atoms with Crippen molar-refractivity contribution in [2.24, 2.45) is 11.3 Å². The number of nitrogens with one attached hydrogen (secondary N) is 1. The fourth-order valence-electron chi connectivity index (χ4n) is 3.60. The Kier molecular flexibility index (Phi) is 6.12. The molecule has 5 heteroatoms. The first-order chi connectivity index (χ1) is 13.4.